The van der Waals surface area contributed by atoms with Crippen LogP contribution in [0.2, 0.25) is 0 Å². The normalized spacial score (nSPS) is 18.1. The van der Waals surface area contributed by atoms with Crippen LogP contribution in [0.4, 0.5) is 13.2 Å². The third-order valence-electron chi connectivity index (χ3n) is 4.40. The van der Waals surface area contributed by atoms with Gasteiger partial charge in [-0.3, -0.25) is 14.5 Å². The maximum atomic E-state index is 12.4. The van der Waals surface area contributed by atoms with Crippen LogP contribution >= 0.6 is 0 Å². The minimum Gasteiger partial charge on any atom is -0.354 e. The summed E-state index contributed by atoms with van der Waals surface area (Å²) in [6, 6.07) is 0.209. The van der Waals surface area contributed by atoms with E-state index < -0.39 is 12.1 Å². The molecular weight excluding hydrogens is 311 g/mol. The number of piperidine rings is 1. The average Bonchev–Trinajstić information content (AvgIpc) is 2.52. The second-order valence-electron chi connectivity index (χ2n) is 5.88. The molecule has 134 valence electrons. The number of carbonyl (C=O) groups is 2. The van der Waals surface area contributed by atoms with Gasteiger partial charge in [-0.1, -0.05) is 13.8 Å². The summed E-state index contributed by atoms with van der Waals surface area (Å²) in [5.74, 6) is -2.27. The van der Waals surface area contributed by atoms with Crippen molar-refractivity contribution < 1.29 is 22.8 Å². The van der Waals surface area contributed by atoms with E-state index in [0.29, 0.717) is 6.54 Å². The van der Waals surface area contributed by atoms with E-state index in [1.165, 1.54) is 0 Å². The first-order chi connectivity index (χ1) is 10.7. The Kier molecular flexibility index (Phi) is 7.31. The third kappa shape index (κ3) is 5.67. The molecule has 0 aliphatic carbocycles. The summed E-state index contributed by atoms with van der Waals surface area (Å²) in [6.07, 6.45) is -4.30. The number of alkyl halides is 3. The van der Waals surface area contributed by atoms with Gasteiger partial charge in [-0.05, 0) is 32.9 Å². The zero-order valence-corrected chi connectivity index (χ0v) is 13.9. The van der Waals surface area contributed by atoms with Gasteiger partial charge in [-0.15, -0.1) is 0 Å². The summed E-state index contributed by atoms with van der Waals surface area (Å²) in [5, 5.41) is 2.87. The summed E-state index contributed by atoms with van der Waals surface area (Å²) >= 11 is 0. The van der Waals surface area contributed by atoms with Crippen LogP contribution in [0.1, 0.15) is 33.6 Å². The first kappa shape index (κ1) is 19.7. The molecule has 0 aromatic carbocycles. The van der Waals surface area contributed by atoms with Crippen LogP contribution < -0.4 is 5.32 Å². The fourth-order valence-electron chi connectivity index (χ4n) is 2.89. The van der Waals surface area contributed by atoms with Crippen molar-refractivity contribution in [2.45, 2.75) is 45.8 Å². The van der Waals surface area contributed by atoms with E-state index >= 15 is 0 Å². The molecule has 5 nitrogen and oxygen atoms in total. The molecule has 1 N–H and O–H groups in total. The summed E-state index contributed by atoms with van der Waals surface area (Å²) in [5.41, 5.74) is 0. The topological polar surface area (TPSA) is 52.7 Å². The lowest BCUT2D eigenvalue weighted by molar-refractivity contribution is -0.186. The van der Waals surface area contributed by atoms with E-state index in [1.54, 1.807) is 0 Å². The molecule has 0 radical (unpaired) electrons. The van der Waals surface area contributed by atoms with Crippen molar-refractivity contribution >= 4 is 11.8 Å². The summed E-state index contributed by atoms with van der Waals surface area (Å²) in [7, 11) is 0. The Morgan fingerprint density at radius 1 is 1.22 bits per heavy atom. The van der Waals surface area contributed by atoms with Gasteiger partial charge in [0.1, 0.15) is 0 Å². The standard InChI is InChI=1S/C15H26F3N3O2/c1-4-20(5-2)11(3)10-19-13(22)12-6-8-21(9-7-12)14(23)15(16,17)18/h11-12H,4-10H2,1-3H3,(H,19,22). The molecule has 1 atom stereocenters. The van der Waals surface area contributed by atoms with Crippen LogP contribution in [-0.2, 0) is 9.59 Å². The third-order valence-corrected chi connectivity index (χ3v) is 4.40. The fraction of sp³-hybridized carbons (Fsp3) is 0.867. The highest BCUT2D eigenvalue weighted by Gasteiger charge is 2.43. The minimum absolute atomic E-state index is 0.0258. The Morgan fingerprint density at radius 2 is 1.74 bits per heavy atom. The highest BCUT2D eigenvalue weighted by Crippen LogP contribution is 2.23. The van der Waals surface area contributed by atoms with Crippen molar-refractivity contribution in [3.8, 4) is 0 Å². The zero-order valence-electron chi connectivity index (χ0n) is 13.9. The van der Waals surface area contributed by atoms with Crippen LogP contribution in [0.5, 0.6) is 0 Å². The van der Waals surface area contributed by atoms with Gasteiger partial charge in [-0.25, -0.2) is 0 Å². The molecule has 0 saturated carbocycles. The largest absolute Gasteiger partial charge is 0.471 e. The molecule has 0 aromatic rings. The Balaban J connectivity index is 2.39. The number of halogens is 3. The molecule has 1 fully saturated rings. The fourth-order valence-corrected chi connectivity index (χ4v) is 2.89. The van der Waals surface area contributed by atoms with Gasteiger partial charge in [-0.2, -0.15) is 13.2 Å². The number of nitrogens with zero attached hydrogens (tertiary/aromatic N) is 2. The molecule has 1 heterocycles. The molecule has 0 spiro atoms. The molecule has 0 aromatic heterocycles. The first-order valence-corrected chi connectivity index (χ1v) is 8.08. The highest BCUT2D eigenvalue weighted by atomic mass is 19.4. The smallest absolute Gasteiger partial charge is 0.354 e. The summed E-state index contributed by atoms with van der Waals surface area (Å²) in [4.78, 5) is 26.3. The molecule has 1 rings (SSSR count). The van der Waals surface area contributed by atoms with E-state index in [4.69, 9.17) is 0 Å². The van der Waals surface area contributed by atoms with Crippen LogP contribution in [0.3, 0.4) is 0 Å². The molecule has 8 heteroatoms. The van der Waals surface area contributed by atoms with Gasteiger partial charge in [0.25, 0.3) is 0 Å². The van der Waals surface area contributed by atoms with Gasteiger partial charge in [0, 0.05) is 31.6 Å². The van der Waals surface area contributed by atoms with Crippen molar-refractivity contribution in [3.05, 3.63) is 0 Å². The first-order valence-electron chi connectivity index (χ1n) is 8.08. The molecular formula is C15H26F3N3O2. The van der Waals surface area contributed by atoms with E-state index in [1.807, 2.05) is 6.92 Å². The lowest BCUT2D eigenvalue weighted by Crippen LogP contribution is -2.49. The highest BCUT2D eigenvalue weighted by molar-refractivity contribution is 5.83. The summed E-state index contributed by atoms with van der Waals surface area (Å²) < 4.78 is 37.1. The minimum atomic E-state index is -4.84. The SMILES string of the molecule is CCN(CC)C(C)CNC(=O)C1CCN(C(=O)C(F)(F)F)CC1. The van der Waals surface area contributed by atoms with Gasteiger partial charge in [0.2, 0.25) is 5.91 Å². The second-order valence-corrected chi connectivity index (χ2v) is 5.88. The number of likely N-dealkylation sites (N-methyl/N-ethyl adjacent to an activating group) is 1. The van der Waals surface area contributed by atoms with Crippen LogP contribution in [0.15, 0.2) is 0 Å². The molecule has 2 amide bonds. The van der Waals surface area contributed by atoms with E-state index in [-0.39, 0.29) is 43.8 Å². The predicted molar refractivity (Wildman–Crippen MR) is 80.8 cm³/mol. The van der Waals surface area contributed by atoms with E-state index in [9.17, 15) is 22.8 Å². The van der Waals surface area contributed by atoms with Crippen molar-refractivity contribution in [2.24, 2.45) is 5.92 Å². The van der Waals surface area contributed by atoms with Gasteiger partial charge < -0.3 is 10.2 Å². The maximum absolute atomic E-state index is 12.4. The van der Waals surface area contributed by atoms with Crippen LogP contribution in [0, 0.1) is 5.92 Å². The lowest BCUT2D eigenvalue weighted by Gasteiger charge is -2.32. The Hall–Kier alpha value is -1.31. The van der Waals surface area contributed by atoms with Crippen LogP contribution in [-0.4, -0.2) is 66.6 Å². The van der Waals surface area contributed by atoms with E-state index in [0.717, 1.165) is 18.0 Å². The van der Waals surface area contributed by atoms with Gasteiger partial charge >= 0.3 is 12.1 Å². The summed E-state index contributed by atoms with van der Waals surface area (Å²) in [6.45, 7) is 8.38. The average molecular weight is 337 g/mol. The van der Waals surface area contributed by atoms with Gasteiger partial charge in [0.15, 0.2) is 0 Å². The number of hydrogen-bond donors (Lipinski definition) is 1. The van der Waals surface area contributed by atoms with Gasteiger partial charge in [0.05, 0.1) is 0 Å². The molecule has 23 heavy (non-hydrogen) atoms. The number of rotatable bonds is 6. The van der Waals surface area contributed by atoms with Crippen molar-refractivity contribution in [2.75, 3.05) is 32.7 Å². The Bertz CT molecular complexity index is 403. The van der Waals surface area contributed by atoms with Crippen molar-refractivity contribution in [1.82, 2.24) is 15.1 Å². The Morgan fingerprint density at radius 3 is 2.17 bits per heavy atom. The van der Waals surface area contributed by atoms with Crippen molar-refractivity contribution in [1.29, 1.82) is 0 Å². The van der Waals surface area contributed by atoms with Crippen LogP contribution in [0.25, 0.3) is 0 Å². The number of amides is 2. The maximum Gasteiger partial charge on any atom is 0.471 e. The number of hydrogen-bond acceptors (Lipinski definition) is 3. The predicted octanol–water partition coefficient (Wildman–Crippen LogP) is 1.63. The number of nitrogens with one attached hydrogen (secondary N) is 1. The monoisotopic (exact) mass is 337 g/mol. The molecule has 0 bridgehead atoms. The quantitative estimate of drug-likeness (QED) is 0.802. The number of likely N-dealkylation sites (tertiary alicyclic amines) is 1. The molecule has 1 aliphatic rings. The zero-order chi connectivity index (χ0) is 17.6. The van der Waals surface area contributed by atoms with Crippen molar-refractivity contribution in [3.63, 3.8) is 0 Å². The second kappa shape index (κ2) is 8.52. The molecule has 1 saturated heterocycles. The molecule has 1 unspecified atom stereocenters. The lowest BCUT2D eigenvalue weighted by atomic mass is 9.95. The van der Waals surface area contributed by atoms with E-state index in [2.05, 4.69) is 24.1 Å². The Labute approximate surface area is 135 Å². The molecule has 1 aliphatic heterocycles. The number of carbonyl (C=O) groups excluding carboxylic acids is 2.